The highest BCUT2D eigenvalue weighted by Crippen LogP contribution is 2.27. The molecule has 0 saturated carbocycles. The topological polar surface area (TPSA) is 103 Å². The summed E-state index contributed by atoms with van der Waals surface area (Å²) in [6.45, 7) is 0. The number of hydrogen-bond donors (Lipinski definition) is 1. The van der Waals surface area contributed by atoms with Crippen molar-refractivity contribution in [3.63, 3.8) is 0 Å². The van der Waals surface area contributed by atoms with Crippen LogP contribution in [0.25, 0.3) is 0 Å². The molecule has 1 aromatic rings. The number of amides is 1. The zero-order chi connectivity index (χ0) is 11.2. The van der Waals surface area contributed by atoms with Gasteiger partial charge < -0.3 is 4.55 Å². The van der Waals surface area contributed by atoms with Crippen molar-refractivity contribution in [2.75, 3.05) is 0 Å². The first-order valence-electron chi connectivity index (χ1n) is 3.73. The van der Waals surface area contributed by atoms with Gasteiger partial charge in [0.15, 0.2) is 0 Å². The first-order chi connectivity index (χ1) is 6.93. The lowest BCUT2D eigenvalue weighted by Gasteiger charge is -2.08. The van der Waals surface area contributed by atoms with Crippen LogP contribution in [0.3, 0.4) is 0 Å². The molecule has 0 aliphatic carbocycles. The number of sulfonamides is 1. The van der Waals surface area contributed by atoms with Gasteiger partial charge in [-0.3, -0.25) is 9.00 Å². The molecule has 15 heavy (non-hydrogen) atoms. The molecule has 6 nitrogen and oxygen atoms in total. The molecule has 0 bridgehead atoms. The van der Waals surface area contributed by atoms with Crippen LogP contribution < -0.4 is 4.72 Å². The van der Waals surface area contributed by atoms with Crippen LogP contribution in [0.5, 0.6) is 0 Å². The Hall–Kier alpha value is -1.25. The quantitative estimate of drug-likeness (QED) is 0.663. The minimum Gasteiger partial charge on any atom is -0.768 e. The van der Waals surface area contributed by atoms with Crippen molar-refractivity contribution in [2.24, 2.45) is 0 Å². The lowest BCUT2D eigenvalue weighted by molar-refractivity contribution is 0.0985. The molecule has 1 aromatic carbocycles. The average Bonchev–Trinajstić information content (AvgIpc) is 2.37. The molecule has 0 fully saturated rings. The van der Waals surface area contributed by atoms with Crippen LogP contribution >= 0.6 is 0 Å². The largest absolute Gasteiger partial charge is 0.768 e. The second-order valence-corrected chi connectivity index (χ2v) is 5.33. The molecule has 0 radical (unpaired) electrons. The number of benzene rings is 1. The van der Waals surface area contributed by atoms with E-state index in [2.05, 4.69) is 0 Å². The summed E-state index contributed by atoms with van der Waals surface area (Å²) in [5.74, 6) is -0.808. The van der Waals surface area contributed by atoms with Gasteiger partial charge in [-0.2, -0.15) is 0 Å². The molecule has 0 aromatic heterocycles. The van der Waals surface area contributed by atoms with Crippen LogP contribution in [-0.2, 0) is 21.1 Å². The molecule has 0 saturated heterocycles. The maximum atomic E-state index is 11.4. The van der Waals surface area contributed by atoms with Crippen LogP contribution in [0.2, 0.25) is 0 Å². The molecule has 1 aliphatic heterocycles. The summed E-state index contributed by atoms with van der Waals surface area (Å²) in [6.07, 6.45) is 0. The number of fused-ring (bicyclic) bond motifs is 1. The summed E-state index contributed by atoms with van der Waals surface area (Å²) in [6, 6.07) is 3.69. The molecule has 8 heteroatoms. The molecule has 1 atom stereocenters. The predicted molar refractivity (Wildman–Crippen MR) is 48.3 cm³/mol. The highest BCUT2D eigenvalue weighted by molar-refractivity contribution is 7.91. The highest BCUT2D eigenvalue weighted by atomic mass is 32.2. The smallest absolute Gasteiger partial charge is 0.266 e. The van der Waals surface area contributed by atoms with Gasteiger partial charge in [-0.15, -0.1) is 0 Å². The summed E-state index contributed by atoms with van der Waals surface area (Å²) in [5.41, 5.74) is -0.142. The van der Waals surface area contributed by atoms with E-state index in [0.29, 0.717) is 0 Å². The van der Waals surface area contributed by atoms with Crippen molar-refractivity contribution in [2.45, 2.75) is 9.79 Å². The van der Waals surface area contributed by atoms with Gasteiger partial charge in [-0.25, -0.2) is 13.1 Å². The highest BCUT2D eigenvalue weighted by Gasteiger charge is 2.34. The van der Waals surface area contributed by atoms with Gasteiger partial charge in [0.1, 0.15) is 4.90 Å². The Labute approximate surface area is 87.6 Å². The maximum absolute atomic E-state index is 11.4. The van der Waals surface area contributed by atoms with Gasteiger partial charge in [0.05, 0.1) is 5.56 Å². The first kappa shape index (κ1) is 10.3. The molecule has 1 heterocycles. The zero-order valence-corrected chi connectivity index (χ0v) is 8.72. The number of carbonyl (C=O) groups excluding carboxylic acids is 1. The fourth-order valence-corrected chi connectivity index (χ4v) is 3.55. The summed E-state index contributed by atoms with van der Waals surface area (Å²) >= 11 is -2.69. The molecule has 2 rings (SSSR count). The van der Waals surface area contributed by atoms with E-state index >= 15 is 0 Å². The number of hydrogen-bond acceptors (Lipinski definition) is 5. The zero-order valence-electron chi connectivity index (χ0n) is 7.09. The molecular formula is C7H4NO5S2-. The van der Waals surface area contributed by atoms with Gasteiger partial charge in [-0.1, -0.05) is 6.07 Å². The van der Waals surface area contributed by atoms with Crippen molar-refractivity contribution in [1.29, 1.82) is 0 Å². The molecule has 1 unspecified atom stereocenters. The Kier molecular flexibility index (Phi) is 2.14. The Balaban J connectivity index is 2.87. The SMILES string of the molecule is O=C1NS(=O)(=O)c2c1cccc2S(=O)[O-]. The molecule has 1 amide bonds. The summed E-state index contributed by atoms with van der Waals surface area (Å²) in [5, 5.41) is 0. The van der Waals surface area contributed by atoms with Crippen molar-refractivity contribution in [1.82, 2.24) is 4.72 Å². The number of rotatable bonds is 1. The van der Waals surface area contributed by atoms with Crippen LogP contribution in [0.1, 0.15) is 10.4 Å². The summed E-state index contributed by atoms with van der Waals surface area (Å²) in [4.78, 5) is 10.3. The van der Waals surface area contributed by atoms with Gasteiger partial charge >= 0.3 is 0 Å². The normalized spacial score (nSPS) is 19.4. The van der Waals surface area contributed by atoms with Crippen molar-refractivity contribution in [3.05, 3.63) is 23.8 Å². The van der Waals surface area contributed by atoms with E-state index in [0.717, 1.165) is 6.07 Å². The van der Waals surface area contributed by atoms with E-state index in [-0.39, 0.29) is 5.56 Å². The average molecular weight is 246 g/mol. The van der Waals surface area contributed by atoms with Crippen LogP contribution in [0.15, 0.2) is 28.0 Å². The minimum absolute atomic E-state index is 0.142. The second-order valence-electron chi connectivity index (χ2n) is 2.80. The molecule has 1 N–H and O–H groups in total. The van der Waals surface area contributed by atoms with Gasteiger partial charge in [-0.05, 0) is 23.2 Å². The third kappa shape index (κ3) is 1.46. The van der Waals surface area contributed by atoms with Crippen LogP contribution in [0, 0.1) is 0 Å². The van der Waals surface area contributed by atoms with E-state index in [1.54, 1.807) is 4.72 Å². The molecule has 0 spiro atoms. The second kappa shape index (κ2) is 3.12. The van der Waals surface area contributed by atoms with Crippen LogP contribution in [-0.4, -0.2) is 23.1 Å². The van der Waals surface area contributed by atoms with Crippen molar-refractivity contribution in [3.8, 4) is 0 Å². The predicted octanol–water partition coefficient (Wildman–Crippen LogP) is -0.643. The Morgan fingerprint density at radius 3 is 2.60 bits per heavy atom. The van der Waals surface area contributed by atoms with E-state index in [1.807, 2.05) is 0 Å². The number of carbonyl (C=O) groups is 1. The Morgan fingerprint density at radius 1 is 1.33 bits per heavy atom. The third-order valence-electron chi connectivity index (χ3n) is 1.90. The van der Waals surface area contributed by atoms with E-state index in [9.17, 15) is 22.0 Å². The lowest BCUT2D eigenvalue weighted by Crippen LogP contribution is -2.21. The summed E-state index contributed by atoms with van der Waals surface area (Å²) in [7, 11) is -4.02. The van der Waals surface area contributed by atoms with E-state index < -0.39 is 36.8 Å². The fourth-order valence-electron chi connectivity index (χ4n) is 1.33. The van der Waals surface area contributed by atoms with Crippen molar-refractivity contribution < 1.29 is 22.0 Å². The maximum Gasteiger partial charge on any atom is 0.266 e. The van der Waals surface area contributed by atoms with Gasteiger partial charge in [0, 0.05) is 4.90 Å². The summed E-state index contributed by atoms with van der Waals surface area (Å²) < 4.78 is 46.0. The monoisotopic (exact) mass is 246 g/mol. The Bertz CT molecular complexity index is 577. The number of nitrogens with one attached hydrogen (secondary N) is 1. The first-order valence-corrected chi connectivity index (χ1v) is 6.29. The van der Waals surface area contributed by atoms with Gasteiger partial charge in [0.2, 0.25) is 0 Å². The van der Waals surface area contributed by atoms with E-state index in [1.165, 1.54) is 12.1 Å². The van der Waals surface area contributed by atoms with E-state index in [4.69, 9.17) is 0 Å². The Morgan fingerprint density at radius 2 is 2.00 bits per heavy atom. The molecule has 1 aliphatic rings. The molecule has 80 valence electrons. The standard InChI is InChI=1S/C7H5NO5S2/c9-7-4-2-1-3-5(14(10)11)6(4)15(12,13)8-7/h1-3H,(H,8,9)(H,10,11)/p-1. The lowest BCUT2D eigenvalue weighted by atomic mass is 10.2. The van der Waals surface area contributed by atoms with Crippen molar-refractivity contribution >= 4 is 27.0 Å². The van der Waals surface area contributed by atoms with Crippen LogP contribution in [0.4, 0.5) is 0 Å². The molecular weight excluding hydrogens is 242 g/mol. The fraction of sp³-hybridized carbons (Fsp3) is 0. The van der Waals surface area contributed by atoms with Gasteiger partial charge in [0.25, 0.3) is 15.9 Å². The third-order valence-corrected chi connectivity index (χ3v) is 4.16. The minimum atomic E-state index is -4.02.